The van der Waals surface area contributed by atoms with Crippen molar-refractivity contribution in [2.24, 2.45) is 0 Å². The summed E-state index contributed by atoms with van der Waals surface area (Å²) in [5, 5.41) is 23.1. The van der Waals surface area contributed by atoms with Crippen LogP contribution in [0.15, 0.2) is 72.8 Å². The number of hydrogen-bond acceptors (Lipinski definition) is 8. The van der Waals surface area contributed by atoms with Crippen molar-refractivity contribution >= 4 is 54.6 Å². The topological polar surface area (TPSA) is 118 Å². The lowest BCUT2D eigenvalue weighted by molar-refractivity contribution is 0.0789. The van der Waals surface area contributed by atoms with Crippen LogP contribution in [0.3, 0.4) is 0 Å². The number of nitrogens with zero attached hydrogens (tertiary/aromatic N) is 2. The molecule has 2 aromatic heterocycles. The van der Waals surface area contributed by atoms with E-state index in [0.717, 1.165) is 53.8 Å². The highest BCUT2D eigenvalue weighted by Gasteiger charge is 2.23. The van der Waals surface area contributed by atoms with E-state index in [1.165, 1.54) is 23.1 Å². The Balaban J connectivity index is 1.41. The second-order valence-corrected chi connectivity index (χ2v) is 12.8. The van der Waals surface area contributed by atoms with E-state index in [1.807, 2.05) is 36.4 Å². The number of nitrogen functional groups attached to an aromatic ring is 2. The number of fused-ring (bicyclic) bond motifs is 2. The number of hydrogen-bond donors (Lipinski definition) is 4. The summed E-state index contributed by atoms with van der Waals surface area (Å²) in [5.41, 5.74) is 18.8. The Morgan fingerprint density at radius 2 is 1.00 bits per heavy atom. The molecule has 0 unspecified atom stereocenters. The predicted octanol–water partition coefficient (Wildman–Crippen LogP) is 7.53. The van der Waals surface area contributed by atoms with Crippen LogP contribution < -0.4 is 11.5 Å². The van der Waals surface area contributed by atoms with E-state index in [-0.39, 0.29) is 0 Å². The van der Waals surface area contributed by atoms with Gasteiger partial charge in [-0.15, -0.1) is 0 Å². The van der Waals surface area contributed by atoms with E-state index in [9.17, 15) is 10.2 Å². The van der Waals surface area contributed by atoms with E-state index in [0.29, 0.717) is 22.5 Å². The molecule has 8 heteroatoms. The van der Waals surface area contributed by atoms with Crippen molar-refractivity contribution < 1.29 is 10.2 Å². The number of rotatable bonds is 5. The summed E-state index contributed by atoms with van der Waals surface area (Å²) >= 11 is 2.81. The molecule has 0 spiro atoms. The van der Waals surface area contributed by atoms with Crippen LogP contribution in [0, 0.1) is 0 Å². The van der Waals surface area contributed by atoms with Crippen LogP contribution in [0.25, 0.3) is 53.8 Å². The molecule has 0 aliphatic heterocycles. The quantitative estimate of drug-likeness (QED) is 0.160. The molecule has 0 saturated heterocycles. The first kappa shape index (κ1) is 26.4. The molecule has 202 valence electrons. The van der Waals surface area contributed by atoms with Gasteiger partial charge in [0.2, 0.25) is 0 Å². The molecule has 0 aliphatic carbocycles. The molecule has 40 heavy (non-hydrogen) atoms. The van der Waals surface area contributed by atoms with Gasteiger partial charge in [0.05, 0.1) is 32.0 Å². The highest BCUT2D eigenvalue weighted by atomic mass is 32.1. The minimum absolute atomic E-state index is 0.551. The molecule has 6 N–H and O–H groups in total. The Morgan fingerprint density at radius 1 is 0.575 bits per heavy atom. The second-order valence-electron chi connectivity index (χ2n) is 11.2. The predicted molar refractivity (Wildman–Crippen MR) is 168 cm³/mol. The fourth-order valence-corrected chi connectivity index (χ4v) is 6.81. The molecule has 0 bridgehead atoms. The van der Waals surface area contributed by atoms with Crippen molar-refractivity contribution in [2.75, 3.05) is 11.5 Å². The van der Waals surface area contributed by atoms with E-state index >= 15 is 0 Å². The van der Waals surface area contributed by atoms with Gasteiger partial charge in [0.25, 0.3) is 0 Å². The molecule has 2 heterocycles. The van der Waals surface area contributed by atoms with E-state index < -0.39 is 11.2 Å². The van der Waals surface area contributed by atoms with Crippen LogP contribution in [0.1, 0.15) is 38.8 Å². The third kappa shape index (κ3) is 4.63. The van der Waals surface area contributed by atoms with Crippen LogP contribution in [0.4, 0.5) is 11.4 Å². The zero-order valence-electron chi connectivity index (χ0n) is 22.7. The zero-order valence-corrected chi connectivity index (χ0v) is 24.3. The van der Waals surface area contributed by atoms with Crippen LogP contribution in [-0.4, -0.2) is 19.0 Å². The van der Waals surface area contributed by atoms with E-state index in [1.54, 1.807) is 27.7 Å². The molecule has 0 amide bonds. The Bertz CT molecular complexity index is 1910. The van der Waals surface area contributed by atoms with E-state index in [4.69, 9.17) is 20.2 Å². The molecule has 0 aliphatic rings. The lowest BCUT2D eigenvalue weighted by atomic mass is 9.93. The Hall–Kier alpha value is -3.82. The number of aromatic nitrogens is 2. The summed E-state index contributed by atoms with van der Waals surface area (Å²) < 4.78 is 11.5. The summed E-state index contributed by atoms with van der Waals surface area (Å²) in [6, 6.07) is 24.3. The molecule has 0 atom stereocenters. The first-order chi connectivity index (χ1) is 18.9. The molecular weight excluding hydrogens is 537 g/mol. The van der Waals surface area contributed by atoms with Crippen LogP contribution in [0.2, 0.25) is 0 Å². The first-order valence-corrected chi connectivity index (χ1v) is 14.5. The Morgan fingerprint density at radius 3 is 1.52 bits per heavy atom. The summed E-state index contributed by atoms with van der Waals surface area (Å²) in [5.74, 6) is 0. The van der Waals surface area contributed by atoms with Gasteiger partial charge in [-0.1, -0.05) is 36.4 Å². The van der Waals surface area contributed by atoms with Crippen LogP contribution in [0.5, 0.6) is 0 Å². The SMILES string of the molecule is CC(C)(O)c1cc2snc(-c3cccc(-c4cccc(-c5nsc6cc(N)c(C(C)(C)O)cc56)c4)c3)c2cc1N. The summed E-state index contributed by atoms with van der Waals surface area (Å²) in [6.07, 6.45) is 0. The lowest BCUT2D eigenvalue weighted by Gasteiger charge is -2.20. The highest BCUT2D eigenvalue weighted by Crippen LogP contribution is 2.40. The average Bonchev–Trinajstić information content (AvgIpc) is 3.50. The maximum Gasteiger partial charge on any atom is 0.0920 e. The van der Waals surface area contributed by atoms with Crippen molar-refractivity contribution in [1.82, 2.24) is 8.75 Å². The number of anilines is 2. The smallest absolute Gasteiger partial charge is 0.0920 e. The van der Waals surface area contributed by atoms with Gasteiger partial charge >= 0.3 is 0 Å². The first-order valence-electron chi connectivity index (χ1n) is 12.9. The third-order valence-electron chi connectivity index (χ3n) is 7.21. The molecule has 6 nitrogen and oxygen atoms in total. The minimum atomic E-state index is -1.06. The van der Waals surface area contributed by atoms with Crippen molar-refractivity contribution in [1.29, 1.82) is 0 Å². The van der Waals surface area contributed by atoms with Crippen LogP contribution >= 0.6 is 23.1 Å². The van der Waals surface area contributed by atoms with Crippen molar-refractivity contribution in [2.45, 2.75) is 38.9 Å². The van der Waals surface area contributed by atoms with Crippen molar-refractivity contribution in [3.63, 3.8) is 0 Å². The molecular formula is C32H30N4O2S2. The van der Waals surface area contributed by atoms with Crippen molar-refractivity contribution in [3.05, 3.63) is 83.9 Å². The monoisotopic (exact) mass is 566 g/mol. The highest BCUT2D eigenvalue weighted by molar-refractivity contribution is 7.14. The largest absolute Gasteiger partial charge is 0.398 e. The third-order valence-corrected chi connectivity index (χ3v) is 8.82. The average molecular weight is 567 g/mol. The number of aliphatic hydroxyl groups is 2. The van der Waals surface area contributed by atoms with E-state index in [2.05, 4.69) is 36.4 Å². The van der Waals surface area contributed by atoms with Gasteiger partial charge in [-0.05, 0) is 98.3 Å². The normalized spacial score (nSPS) is 12.4. The van der Waals surface area contributed by atoms with Gasteiger partial charge in [0.1, 0.15) is 0 Å². The van der Waals surface area contributed by atoms with Gasteiger partial charge in [-0.25, -0.2) is 0 Å². The van der Waals surface area contributed by atoms with Gasteiger partial charge in [-0.2, -0.15) is 8.75 Å². The van der Waals surface area contributed by atoms with Gasteiger partial charge in [0.15, 0.2) is 0 Å². The Labute approximate surface area is 240 Å². The lowest BCUT2D eigenvalue weighted by Crippen LogP contribution is -2.17. The molecule has 6 aromatic rings. The molecule has 0 radical (unpaired) electrons. The second kappa shape index (κ2) is 9.38. The molecule has 6 rings (SSSR count). The van der Waals surface area contributed by atoms with Crippen LogP contribution in [-0.2, 0) is 11.2 Å². The standard InChI is InChI=1S/C32H30N4O2S2/c1-31(2,37)23-13-21-28(16-26(23)34)40-35-29(21)19-9-5-7-17(11-19)18-8-6-10-20(12-18)30-22-14-25(33)24(32(3,4)38)15-27(22)39-36-30/h5-16,37-38H,33-34H2,1-4H3. The maximum absolute atomic E-state index is 10.6. The summed E-state index contributed by atoms with van der Waals surface area (Å²) in [7, 11) is 0. The summed E-state index contributed by atoms with van der Waals surface area (Å²) in [4.78, 5) is 0. The fourth-order valence-electron chi connectivity index (χ4n) is 5.17. The fraction of sp³-hybridized carbons (Fsp3) is 0.188. The molecule has 0 saturated carbocycles. The number of nitrogens with two attached hydrogens (primary N) is 2. The molecule has 0 fully saturated rings. The number of benzene rings is 4. The molecule has 4 aromatic carbocycles. The van der Waals surface area contributed by atoms with Crippen molar-refractivity contribution in [3.8, 4) is 33.6 Å². The Kier molecular flexibility index (Phi) is 6.19. The van der Waals surface area contributed by atoms with Gasteiger partial charge in [-0.3, -0.25) is 0 Å². The van der Waals surface area contributed by atoms with Gasteiger partial charge < -0.3 is 21.7 Å². The minimum Gasteiger partial charge on any atom is -0.398 e. The summed E-state index contributed by atoms with van der Waals surface area (Å²) in [6.45, 7) is 6.95. The maximum atomic E-state index is 10.6. The zero-order chi connectivity index (χ0) is 28.4. The van der Waals surface area contributed by atoms with Gasteiger partial charge in [0, 0.05) is 44.4 Å².